The van der Waals surface area contributed by atoms with E-state index < -0.39 is 0 Å². The molecular weight excluding hydrogens is 208 g/mol. The highest BCUT2D eigenvalue weighted by molar-refractivity contribution is 5.47. The molecule has 0 aromatic carbocycles. The summed E-state index contributed by atoms with van der Waals surface area (Å²) < 4.78 is 0. The zero-order chi connectivity index (χ0) is 12.8. The standard InChI is InChI=1S/C16H24O/c1-5-9-12(4)14-10-8-11-15(13(14)6-2)16(17)7-3/h6-8,11-12,14,17H,2,5,9-10H2,1,3-4H3/b16-7+/t12?,14-/m0/s1. The molecule has 0 radical (unpaired) electrons. The number of allylic oxidation sites excluding steroid dienone is 5. The summed E-state index contributed by atoms with van der Waals surface area (Å²) >= 11 is 0. The molecule has 0 spiro atoms. The Labute approximate surface area is 105 Å². The van der Waals surface area contributed by atoms with E-state index in [0.717, 1.165) is 12.0 Å². The van der Waals surface area contributed by atoms with Gasteiger partial charge in [0.15, 0.2) is 0 Å². The van der Waals surface area contributed by atoms with Crippen molar-refractivity contribution in [2.45, 2.75) is 40.0 Å². The first-order valence-corrected chi connectivity index (χ1v) is 6.54. The van der Waals surface area contributed by atoms with E-state index in [4.69, 9.17) is 0 Å². The second-order valence-corrected chi connectivity index (χ2v) is 4.76. The molecular formula is C16H24O. The van der Waals surface area contributed by atoms with Crippen LogP contribution in [0, 0.1) is 11.8 Å². The van der Waals surface area contributed by atoms with E-state index in [0.29, 0.717) is 17.6 Å². The van der Waals surface area contributed by atoms with Crippen molar-refractivity contribution in [3.05, 3.63) is 47.8 Å². The van der Waals surface area contributed by atoms with Crippen LogP contribution in [0.25, 0.3) is 0 Å². The van der Waals surface area contributed by atoms with Gasteiger partial charge in [-0.15, -0.1) is 0 Å². The van der Waals surface area contributed by atoms with Crippen molar-refractivity contribution in [2.75, 3.05) is 0 Å². The summed E-state index contributed by atoms with van der Waals surface area (Å²) in [4.78, 5) is 0. The maximum Gasteiger partial charge on any atom is 0.118 e. The zero-order valence-electron chi connectivity index (χ0n) is 11.2. The SMILES string of the molecule is C=CC1=C(/C(O)=C\C)C=CC[C@H]1C(C)CCC. The van der Waals surface area contributed by atoms with Gasteiger partial charge in [-0.1, -0.05) is 51.5 Å². The summed E-state index contributed by atoms with van der Waals surface area (Å²) in [6.45, 7) is 10.3. The first-order chi connectivity index (χ1) is 8.15. The zero-order valence-corrected chi connectivity index (χ0v) is 11.2. The average molecular weight is 232 g/mol. The Morgan fingerprint density at radius 2 is 2.35 bits per heavy atom. The van der Waals surface area contributed by atoms with Crippen molar-refractivity contribution in [2.24, 2.45) is 11.8 Å². The maximum atomic E-state index is 9.92. The molecule has 0 aromatic rings. The van der Waals surface area contributed by atoms with Crippen molar-refractivity contribution in [1.29, 1.82) is 0 Å². The Kier molecular flexibility index (Phi) is 5.27. The Balaban J connectivity index is 3.06. The number of aliphatic hydroxyl groups is 1. The van der Waals surface area contributed by atoms with E-state index in [1.54, 1.807) is 6.08 Å². The third kappa shape index (κ3) is 3.12. The molecule has 17 heavy (non-hydrogen) atoms. The van der Waals surface area contributed by atoms with Gasteiger partial charge in [0.2, 0.25) is 0 Å². The van der Waals surface area contributed by atoms with Gasteiger partial charge in [-0.25, -0.2) is 0 Å². The molecule has 0 aromatic heterocycles. The van der Waals surface area contributed by atoms with Gasteiger partial charge in [0, 0.05) is 5.57 Å². The number of aliphatic hydroxyl groups excluding tert-OH is 1. The summed E-state index contributed by atoms with van der Waals surface area (Å²) in [6.07, 6.45) is 11.3. The quantitative estimate of drug-likeness (QED) is 0.665. The smallest absolute Gasteiger partial charge is 0.118 e. The molecule has 0 fully saturated rings. The minimum absolute atomic E-state index is 0.365. The molecule has 1 aliphatic carbocycles. The van der Waals surface area contributed by atoms with Gasteiger partial charge in [0.05, 0.1) is 0 Å². The number of hydrogen-bond acceptors (Lipinski definition) is 1. The Hall–Kier alpha value is -1.24. The van der Waals surface area contributed by atoms with Crippen LogP contribution >= 0.6 is 0 Å². The molecule has 1 rings (SSSR count). The summed E-state index contributed by atoms with van der Waals surface area (Å²) in [5.41, 5.74) is 2.14. The van der Waals surface area contributed by atoms with Crippen LogP contribution in [0.2, 0.25) is 0 Å². The van der Waals surface area contributed by atoms with Crippen LogP contribution in [0.15, 0.2) is 47.8 Å². The molecule has 1 heteroatoms. The molecule has 0 aliphatic heterocycles. The topological polar surface area (TPSA) is 20.2 Å². The average Bonchev–Trinajstić information content (AvgIpc) is 2.37. The van der Waals surface area contributed by atoms with Crippen molar-refractivity contribution in [3.8, 4) is 0 Å². The van der Waals surface area contributed by atoms with E-state index in [2.05, 4.69) is 26.5 Å². The van der Waals surface area contributed by atoms with Gasteiger partial charge < -0.3 is 5.11 Å². The monoisotopic (exact) mass is 232 g/mol. The lowest BCUT2D eigenvalue weighted by Gasteiger charge is -2.28. The maximum absolute atomic E-state index is 9.92. The summed E-state index contributed by atoms with van der Waals surface area (Å²) in [6, 6.07) is 0. The molecule has 1 nitrogen and oxygen atoms in total. The Morgan fingerprint density at radius 1 is 1.65 bits per heavy atom. The van der Waals surface area contributed by atoms with Crippen LogP contribution in [0.1, 0.15) is 40.0 Å². The molecule has 94 valence electrons. The van der Waals surface area contributed by atoms with E-state index in [1.807, 2.05) is 19.1 Å². The predicted molar refractivity (Wildman–Crippen MR) is 74.9 cm³/mol. The van der Waals surface area contributed by atoms with Gasteiger partial charge in [-0.2, -0.15) is 0 Å². The Bertz CT molecular complexity index is 358. The van der Waals surface area contributed by atoms with Crippen molar-refractivity contribution < 1.29 is 5.11 Å². The predicted octanol–water partition coefficient (Wildman–Crippen LogP) is 4.94. The van der Waals surface area contributed by atoms with E-state index >= 15 is 0 Å². The summed E-state index contributed by atoms with van der Waals surface area (Å²) in [5, 5.41) is 9.92. The second-order valence-electron chi connectivity index (χ2n) is 4.76. The van der Waals surface area contributed by atoms with Crippen molar-refractivity contribution in [1.82, 2.24) is 0 Å². The molecule has 0 saturated heterocycles. The first-order valence-electron chi connectivity index (χ1n) is 6.54. The lowest BCUT2D eigenvalue weighted by atomic mass is 9.77. The molecule has 0 bridgehead atoms. The summed E-state index contributed by atoms with van der Waals surface area (Å²) in [7, 11) is 0. The normalized spacial score (nSPS) is 22.8. The highest BCUT2D eigenvalue weighted by Crippen LogP contribution is 2.35. The molecule has 1 unspecified atom stereocenters. The lowest BCUT2D eigenvalue weighted by molar-refractivity contribution is 0.376. The van der Waals surface area contributed by atoms with Crippen LogP contribution in [-0.4, -0.2) is 5.11 Å². The van der Waals surface area contributed by atoms with Crippen LogP contribution in [0.5, 0.6) is 0 Å². The number of hydrogen-bond donors (Lipinski definition) is 1. The van der Waals surface area contributed by atoms with E-state index in [1.165, 1.54) is 18.4 Å². The molecule has 1 aliphatic rings. The minimum Gasteiger partial charge on any atom is -0.508 e. The van der Waals surface area contributed by atoms with E-state index in [9.17, 15) is 5.11 Å². The fraction of sp³-hybridized carbons (Fsp3) is 0.500. The van der Waals surface area contributed by atoms with Gasteiger partial charge >= 0.3 is 0 Å². The third-order valence-electron chi connectivity index (χ3n) is 3.59. The minimum atomic E-state index is 0.365. The largest absolute Gasteiger partial charge is 0.508 e. The first kappa shape index (κ1) is 13.8. The van der Waals surface area contributed by atoms with Crippen LogP contribution in [0.3, 0.4) is 0 Å². The molecule has 0 saturated carbocycles. The van der Waals surface area contributed by atoms with Crippen LogP contribution in [-0.2, 0) is 0 Å². The van der Waals surface area contributed by atoms with E-state index in [-0.39, 0.29) is 0 Å². The summed E-state index contributed by atoms with van der Waals surface area (Å²) in [5.74, 6) is 1.50. The van der Waals surface area contributed by atoms with Gasteiger partial charge in [-0.05, 0) is 36.8 Å². The molecule has 0 amide bonds. The lowest BCUT2D eigenvalue weighted by Crippen LogP contribution is -2.17. The molecule has 1 N–H and O–H groups in total. The second kappa shape index (κ2) is 6.48. The third-order valence-corrected chi connectivity index (χ3v) is 3.59. The van der Waals surface area contributed by atoms with Crippen LogP contribution in [0.4, 0.5) is 0 Å². The van der Waals surface area contributed by atoms with Crippen LogP contribution < -0.4 is 0 Å². The van der Waals surface area contributed by atoms with Gasteiger partial charge in [-0.3, -0.25) is 0 Å². The fourth-order valence-electron chi connectivity index (χ4n) is 2.60. The molecule has 2 atom stereocenters. The highest BCUT2D eigenvalue weighted by atomic mass is 16.3. The fourth-order valence-corrected chi connectivity index (χ4v) is 2.60. The highest BCUT2D eigenvalue weighted by Gasteiger charge is 2.23. The van der Waals surface area contributed by atoms with Gasteiger partial charge in [0.25, 0.3) is 0 Å². The molecule has 0 heterocycles. The number of rotatable bonds is 5. The van der Waals surface area contributed by atoms with Gasteiger partial charge in [0.1, 0.15) is 5.76 Å². The Morgan fingerprint density at radius 3 is 2.88 bits per heavy atom. The van der Waals surface area contributed by atoms with Crippen molar-refractivity contribution >= 4 is 0 Å². The van der Waals surface area contributed by atoms with Crippen molar-refractivity contribution in [3.63, 3.8) is 0 Å².